The SMILES string of the molecule is COC(=O)CNC(=O)c1ccccc1NC(=O)[C@@H](N)Cc1ccccc1. The molecule has 0 saturated carbocycles. The van der Waals surface area contributed by atoms with E-state index >= 15 is 0 Å². The second kappa shape index (κ2) is 9.33. The zero-order valence-corrected chi connectivity index (χ0v) is 14.4. The summed E-state index contributed by atoms with van der Waals surface area (Å²) in [5, 5.41) is 5.11. The Labute approximate surface area is 151 Å². The highest BCUT2D eigenvalue weighted by molar-refractivity contribution is 6.05. The number of nitrogens with one attached hydrogen (secondary N) is 2. The third-order valence-corrected chi connectivity index (χ3v) is 3.69. The van der Waals surface area contributed by atoms with E-state index in [-0.39, 0.29) is 12.1 Å². The minimum Gasteiger partial charge on any atom is -0.468 e. The van der Waals surface area contributed by atoms with Gasteiger partial charge in [0.05, 0.1) is 24.4 Å². The van der Waals surface area contributed by atoms with Gasteiger partial charge in [-0.25, -0.2) is 0 Å². The molecule has 0 saturated heterocycles. The Morgan fingerprint density at radius 3 is 2.38 bits per heavy atom. The highest BCUT2D eigenvalue weighted by atomic mass is 16.5. The largest absolute Gasteiger partial charge is 0.468 e. The van der Waals surface area contributed by atoms with Gasteiger partial charge in [-0.3, -0.25) is 14.4 Å². The average Bonchev–Trinajstić information content (AvgIpc) is 2.66. The number of hydrogen-bond donors (Lipinski definition) is 3. The summed E-state index contributed by atoms with van der Waals surface area (Å²) in [5.74, 6) is -1.46. The number of esters is 1. The lowest BCUT2D eigenvalue weighted by Crippen LogP contribution is -2.38. The van der Waals surface area contributed by atoms with Gasteiger partial charge in [-0.05, 0) is 24.1 Å². The lowest BCUT2D eigenvalue weighted by Gasteiger charge is -2.15. The standard InChI is InChI=1S/C19H21N3O4/c1-26-17(23)12-21-18(24)14-9-5-6-10-16(14)22-19(25)15(20)11-13-7-3-2-4-8-13/h2-10,15H,11-12,20H2,1H3,(H,21,24)(H,22,25)/t15-/m0/s1. The number of para-hydroxylation sites is 1. The Morgan fingerprint density at radius 2 is 1.69 bits per heavy atom. The molecule has 0 unspecified atom stereocenters. The second-order valence-electron chi connectivity index (χ2n) is 5.59. The maximum absolute atomic E-state index is 12.4. The van der Waals surface area contributed by atoms with Crippen molar-refractivity contribution in [1.29, 1.82) is 0 Å². The first-order valence-electron chi connectivity index (χ1n) is 8.05. The van der Waals surface area contributed by atoms with Crippen molar-refractivity contribution in [2.24, 2.45) is 5.73 Å². The molecule has 7 heteroatoms. The number of benzene rings is 2. The van der Waals surface area contributed by atoms with Crippen LogP contribution >= 0.6 is 0 Å². The molecule has 0 fully saturated rings. The summed E-state index contributed by atoms with van der Waals surface area (Å²) >= 11 is 0. The summed E-state index contributed by atoms with van der Waals surface area (Å²) in [6.07, 6.45) is 0.378. The van der Waals surface area contributed by atoms with E-state index in [9.17, 15) is 14.4 Å². The molecule has 2 aromatic carbocycles. The predicted octanol–water partition coefficient (Wildman–Crippen LogP) is 1.10. The van der Waals surface area contributed by atoms with E-state index in [4.69, 9.17) is 5.73 Å². The second-order valence-corrected chi connectivity index (χ2v) is 5.59. The molecule has 2 amide bonds. The summed E-state index contributed by atoms with van der Waals surface area (Å²) in [6, 6.07) is 15.2. The van der Waals surface area contributed by atoms with Crippen molar-refractivity contribution < 1.29 is 19.1 Å². The van der Waals surface area contributed by atoms with E-state index in [0.29, 0.717) is 12.1 Å². The third kappa shape index (κ3) is 5.42. The third-order valence-electron chi connectivity index (χ3n) is 3.69. The van der Waals surface area contributed by atoms with Gasteiger partial charge >= 0.3 is 5.97 Å². The molecule has 0 bridgehead atoms. The maximum atomic E-state index is 12.4. The Balaban J connectivity index is 2.03. The van der Waals surface area contributed by atoms with Gasteiger partial charge in [-0.1, -0.05) is 42.5 Å². The van der Waals surface area contributed by atoms with Crippen LogP contribution in [0.3, 0.4) is 0 Å². The van der Waals surface area contributed by atoms with Crippen molar-refractivity contribution >= 4 is 23.5 Å². The lowest BCUT2D eigenvalue weighted by atomic mass is 10.1. The van der Waals surface area contributed by atoms with Crippen LogP contribution in [0, 0.1) is 0 Å². The van der Waals surface area contributed by atoms with Crippen LogP contribution in [0.15, 0.2) is 54.6 Å². The number of methoxy groups -OCH3 is 1. The fourth-order valence-electron chi connectivity index (χ4n) is 2.30. The number of hydrogen-bond acceptors (Lipinski definition) is 5. The van der Waals surface area contributed by atoms with E-state index in [1.165, 1.54) is 7.11 Å². The van der Waals surface area contributed by atoms with Crippen molar-refractivity contribution in [3.8, 4) is 0 Å². The molecule has 0 heterocycles. The molecule has 2 aromatic rings. The summed E-state index contributed by atoms with van der Waals surface area (Å²) in [6.45, 7) is -0.259. The number of anilines is 1. The molecule has 0 aliphatic heterocycles. The fourth-order valence-corrected chi connectivity index (χ4v) is 2.30. The van der Waals surface area contributed by atoms with Gasteiger partial charge in [0.15, 0.2) is 0 Å². The zero-order valence-electron chi connectivity index (χ0n) is 14.4. The molecule has 4 N–H and O–H groups in total. The topological polar surface area (TPSA) is 111 Å². The van der Waals surface area contributed by atoms with Crippen LogP contribution in [0.25, 0.3) is 0 Å². The first-order chi connectivity index (χ1) is 12.5. The normalized spacial score (nSPS) is 11.3. The number of rotatable bonds is 7. The fraction of sp³-hybridized carbons (Fsp3) is 0.211. The highest BCUT2D eigenvalue weighted by Gasteiger charge is 2.18. The van der Waals surface area contributed by atoms with Crippen molar-refractivity contribution in [3.63, 3.8) is 0 Å². The minimum atomic E-state index is -0.761. The number of nitrogens with two attached hydrogens (primary N) is 1. The summed E-state index contributed by atoms with van der Waals surface area (Å²) in [5.41, 5.74) is 7.47. The van der Waals surface area contributed by atoms with Crippen LogP contribution < -0.4 is 16.4 Å². The van der Waals surface area contributed by atoms with Gasteiger partial charge in [0.2, 0.25) is 5.91 Å². The Hall–Kier alpha value is -3.19. The van der Waals surface area contributed by atoms with Gasteiger partial charge in [0.1, 0.15) is 6.54 Å². The molecule has 26 heavy (non-hydrogen) atoms. The molecule has 0 spiro atoms. The molecule has 0 aliphatic carbocycles. The first-order valence-corrected chi connectivity index (χ1v) is 8.05. The summed E-state index contributed by atoms with van der Waals surface area (Å²) < 4.78 is 4.48. The van der Waals surface area contributed by atoms with Crippen LogP contribution in [0.4, 0.5) is 5.69 Å². The van der Waals surface area contributed by atoms with Gasteiger partial charge < -0.3 is 21.1 Å². The van der Waals surface area contributed by atoms with Crippen LogP contribution in [0.1, 0.15) is 15.9 Å². The van der Waals surface area contributed by atoms with E-state index < -0.39 is 23.8 Å². The summed E-state index contributed by atoms with van der Waals surface area (Å²) in [4.78, 5) is 35.7. The van der Waals surface area contributed by atoms with E-state index in [1.54, 1.807) is 24.3 Å². The van der Waals surface area contributed by atoms with Gasteiger partial charge in [-0.2, -0.15) is 0 Å². The molecule has 0 radical (unpaired) electrons. The molecule has 0 aliphatic rings. The van der Waals surface area contributed by atoms with Gasteiger partial charge in [0, 0.05) is 0 Å². The lowest BCUT2D eigenvalue weighted by molar-refractivity contribution is -0.139. The van der Waals surface area contributed by atoms with E-state index in [1.807, 2.05) is 30.3 Å². The van der Waals surface area contributed by atoms with Crippen molar-refractivity contribution in [3.05, 3.63) is 65.7 Å². The van der Waals surface area contributed by atoms with Crippen LogP contribution in [-0.4, -0.2) is 37.5 Å². The van der Waals surface area contributed by atoms with Crippen LogP contribution in [0.5, 0.6) is 0 Å². The smallest absolute Gasteiger partial charge is 0.325 e. The van der Waals surface area contributed by atoms with Crippen molar-refractivity contribution in [2.75, 3.05) is 19.0 Å². The van der Waals surface area contributed by atoms with Crippen molar-refractivity contribution in [1.82, 2.24) is 5.32 Å². The van der Waals surface area contributed by atoms with E-state index in [0.717, 1.165) is 5.56 Å². The first kappa shape index (κ1) is 19.1. The Kier molecular flexibility index (Phi) is 6.87. The number of amides is 2. The predicted molar refractivity (Wildman–Crippen MR) is 97.5 cm³/mol. The Bertz CT molecular complexity index is 777. The number of carbonyl (C=O) groups is 3. The van der Waals surface area contributed by atoms with Gasteiger partial charge in [0.25, 0.3) is 5.91 Å². The zero-order chi connectivity index (χ0) is 18.9. The molecule has 7 nitrogen and oxygen atoms in total. The molecular weight excluding hydrogens is 334 g/mol. The van der Waals surface area contributed by atoms with Gasteiger partial charge in [-0.15, -0.1) is 0 Å². The number of carbonyl (C=O) groups excluding carboxylic acids is 3. The van der Waals surface area contributed by atoms with E-state index in [2.05, 4.69) is 15.4 Å². The van der Waals surface area contributed by atoms with Crippen LogP contribution in [0.2, 0.25) is 0 Å². The quantitative estimate of drug-likeness (QED) is 0.644. The minimum absolute atomic E-state index is 0.233. The molecule has 0 aromatic heterocycles. The molecule has 136 valence electrons. The summed E-state index contributed by atoms with van der Waals surface area (Å²) in [7, 11) is 1.23. The average molecular weight is 355 g/mol. The molecule has 1 atom stereocenters. The highest BCUT2D eigenvalue weighted by Crippen LogP contribution is 2.15. The van der Waals surface area contributed by atoms with Crippen LogP contribution in [-0.2, 0) is 20.7 Å². The number of ether oxygens (including phenoxy) is 1. The maximum Gasteiger partial charge on any atom is 0.325 e. The molecular formula is C19H21N3O4. The Morgan fingerprint density at radius 1 is 1.04 bits per heavy atom. The monoisotopic (exact) mass is 355 g/mol. The molecule has 2 rings (SSSR count). The van der Waals surface area contributed by atoms with Crippen molar-refractivity contribution in [2.45, 2.75) is 12.5 Å².